The molecule has 0 radical (unpaired) electrons. The van der Waals surface area contributed by atoms with E-state index >= 15 is 0 Å². The standard InChI is InChI=1S/C6H9NO4.K/c1-11-6(10)3-4(7)2-5(8)9;/h3H,2,7H2,1H3,(H,8,9);/q;+1/p-1/b4-3-;. The number of ether oxygens (including phenoxy) is 1. The van der Waals surface area contributed by atoms with Gasteiger partial charge in [-0.1, -0.05) is 0 Å². The topological polar surface area (TPSA) is 92.5 Å². The minimum absolute atomic E-state index is 0. The van der Waals surface area contributed by atoms with E-state index in [1.807, 2.05) is 0 Å². The molecular formula is C6H8KNO4. The van der Waals surface area contributed by atoms with E-state index in [2.05, 4.69) is 4.74 Å². The molecule has 0 spiro atoms. The van der Waals surface area contributed by atoms with Gasteiger partial charge < -0.3 is 20.4 Å². The van der Waals surface area contributed by atoms with Crippen LogP contribution in [0.4, 0.5) is 0 Å². The SMILES string of the molecule is COC(=O)/C=C(\N)CC(=O)[O-].[K+]. The summed E-state index contributed by atoms with van der Waals surface area (Å²) in [7, 11) is 1.17. The number of esters is 1. The summed E-state index contributed by atoms with van der Waals surface area (Å²) < 4.78 is 4.19. The van der Waals surface area contributed by atoms with E-state index in [4.69, 9.17) is 5.73 Å². The first-order valence-electron chi connectivity index (χ1n) is 2.80. The van der Waals surface area contributed by atoms with E-state index in [-0.39, 0.29) is 57.1 Å². The minimum atomic E-state index is -1.33. The fourth-order valence-electron chi connectivity index (χ4n) is 0.428. The maximum atomic E-state index is 10.4. The van der Waals surface area contributed by atoms with E-state index in [1.54, 1.807) is 0 Å². The first-order chi connectivity index (χ1) is 5.06. The second-order valence-corrected chi connectivity index (χ2v) is 1.79. The molecule has 0 bridgehead atoms. The molecule has 0 saturated carbocycles. The van der Waals surface area contributed by atoms with Crippen LogP contribution in [0.2, 0.25) is 0 Å². The molecule has 0 rings (SSSR count). The van der Waals surface area contributed by atoms with Crippen molar-refractivity contribution in [3.63, 3.8) is 0 Å². The Morgan fingerprint density at radius 2 is 2.08 bits per heavy atom. The molecule has 62 valence electrons. The Labute approximate surface area is 112 Å². The third-order valence-corrected chi connectivity index (χ3v) is 0.853. The Kier molecular flexibility index (Phi) is 9.45. The Morgan fingerprint density at radius 1 is 1.58 bits per heavy atom. The number of nitrogens with two attached hydrogens (primary N) is 1. The molecule has 0 atom stereocenters. The van der Waals surface area contributed by atoms with E-state index in [0.29, 0.717) is 0 Å². The number of carbonyl (C=O) groups excluding carboxylic acids is 2. The zero-order valence-corrected chi connectivity index (χ0v) is 10.1. The molecule has 12 heavy (non-hydrogen) atoms. The van der Waals surface area contributed by atoms with Crippen LogP contribution in [0.1, 0.15) is 6.42 Å². The molecule has 0 aromatic heterocycles. The van der Waals surface area contributed by atoms with Crippen molar-refractivity contribution in [3.05, 3.63) is 11.8 Å². The van der Waals surface area contributed by atoms with Gasteiger partial charge in [-0.05, 0) is 0 Å². The van der Waals surface area contributed by atoms with Crippen LogP contribution in [0.25, 0.3) is 0 Å². The van der Waals surface area contributed by atoms with Crippen LogP contribution in [0, 0.1) is 0 Å². The van der Waals surface area contributed by atoms with Crippen molar-refractivity contribution in [2.75, 3.05) is 7.11 Å². The predicted octanol–water partition coefficient (Wildman–Crippen LogP) is -4.85. The number of carboxylic acid groups (broad SMARTS) is 1. The molecule has 2 N–H and O–H groups in total. The van der Waals surface area contributed by atoms with Gasteiger partial charge in [0, 0.05) is 24.2 Å². The number of carbonyl (C=O) groups is 2. The summed E-state index contributed by atoms with van der Waals surface area (Å²) in [5, 5.41) is 9.90. The molecule has 0 amide bonds. The maximum Gasteiger partial charge on any atom is 1.00 e. The number of aliphatic carboxylic acids is 1. The van der Waals surface area contributed by atoms with Crippen LogP contribution in [0.3, 0.4) is 0 Å². The monoisotopic (exact) mass is 197 g/mol. The molecule has 6 heteroatoms. The Morgan fingerprint density at radius 3 is 2.42 bits per heavy atom. The van der Waals surface area contributed by atoms with E-state index in [0.717, 1.165) is 6.08 Å². The van der Waals surface area contributed by atoms with Gasteiger partial charge >= 0.3 is 57.4 Å². The van der Waals surface area contributed by atoms with Gasteiger partial charge in [-0.2, -0.15) is 0 Å². The van der Waals surface area contributed by atoms with Crippen molar-refractivity contribution in [2.45, 2.75) is 6.42 Å². The molecule has 0 aromatic rings. The van der Waals surface area contributed by atoms with Crippen LogP contribution >= 0.6 is 0 Å². The third-order valence-electron chi connectivity index (χ3n) is 0.853. The van der Waals surface area contributed by atoms with Crippen LogP contribution in [-0.2, 0) is 14.3 Å². The van der Waals surface area contributed by atoms with Crippen molar-refractivity contribution in [2.24, 2.45) is 5.73 Å². The first kappa shape index (κ1) is 14.6. The van der Waals surface area contributed by atoms with Crippen molar-refractivity contribution < 1.29 is 70.8 Å². The Bertz CT molecular complexity index is 202. The summed E-state index contributed by atoms with van der Waals surface area (Å²) in [5.41, 5.74) is 5.00. The molecule has 0 aliphatic rings. The molecule has 0 aliphatic heterocycles. The van der Waals surface area contributed by atoms with Crippen LogP contribution in [0.5, 0.6) is 0 Å². The molecule has 0 unspecified atom stereocenters. The molecule has 5 nitrogen and oxygen atoms in total. The number of hydrogen-bond donors (Lipinski definition) is 1. The van der Waals surface area contributed by atoms with Crippen molar-refractivity contribution in [1.82, 2.24) is 0 Å². The summed E-state index contributed by atoms with van der Waals surface area (Å²) in [6.45, 7) is 0. The van der Waals surface area contributed by atoms with Gasteiger partial charge in [0.05, 0.1) is 7.11 Å². The van der Waals surface area contributed by atoms with E-state index in [9.17, 15) is 14.7 Å². The summed E-state index contributed by atoms with van der Waals surface area (Å²) >= 11 is 0. The fraction of sp³-hybridized carbons (Fsp3) is 0.333. The number of hydrogen-bond acceptors (Lipinski definition) is 5. The number of methoxy groups -OCH3 is 1. The van der Waals surface area contributed by atoms with Crippen LogP contribution < -0.4 is 62.2 Å². The number of rotatable bonds is 3. The van der Waals surface area contributed by atoms with E-state index < -0.39 is 18.4 Å². The summed E-state index contributed by atoms with van der Waals surface area (Å²) in [4.78, 5) is 20.3. The molecule has 0 aliphatic carbocycles. The molecule has 0 fully saturated rings. The smallest absolute Gasteiger partial charge is 0.550 e. The van der Waals surface area contributed by atoms with Crippen molar-refractivity contribution in [3.8, 4) is 0 Å². The quantitative estimate of drug-likeness (QED) is 0.278. The first-order valence-corrected chi connectivity index (χ1v) is 2.80. The average Bonchev–Trinajstić information content (AvgIpc) is 1.85. The van der Waals surface area contributed by atoms with Crippen LogP contribution in [-0.4, -0.2) is 19.0 Å². The fourth-order valence-corrected chi connectivity index (χ4v) is 0.428. The summed E-state index contributed by atoms with van der Waals surface area (Å²) in [6, 6.07) is 0. The number of carboxylic acids is 1. The van der Waals surface area contributed by atoms with Gasteiger partial charge in [-0.15, -0.1) is 0 Å². The van der Waals surface area contributed by atoms with E-state index in [1.165, 1.54) is 7.11 Å². The normalized spacial score (nSPS) is 9.92. The zero-order chi connectivity index (χ0) is 8.85. The van der Waals surface area contributed by atoms with Crippen LogP contribution in [0.15, 0.2) is 11.8 Å². The third kappa shape index (κ3) is 8.22. The predicted molar refractivity (Wildman–Crippen MR) is 33.9 cm³/mol. The van der Waals surface area contributed by atoms with Crippen molar-refractivity contribution >= 4 is 11.9 Å². The van der Waals surface area contributed by atoms with Gasteiger partial charge in [0.25, 0.3) is 0 Å². The maximum absolute atomic E-state index is 10.4. The largest absolute Gasteiger partial charge is 1.00 e. The van der Waals surface area contributed by atoms with Gasteiger partial charge in [0.1, 0.15) is 0 Å². The van der Waals surface area contributed by atoms with Gasteiger partial charge in [0.15, 0.2) is 0 Å². The Balaban J connectivity index is 0. The molecular weight excluding hydrogens is 189 g/mol. The van der Waals surface area contributed by atoms with Gasteiger partial charge in [0.2, 0.25) is 0 Å². The second kappa shape index (κ2) is 7.75. The zero-order valence-electron chi connectivity index (χ0n) is 6.99. The molecule has 0 heterocycles. The second-order valence-electron chi connectivity index (χ2n) is 1.79. The minimum Gasteiger partial charge on any atom is -0.550 e. The molecule has 0 aromatic carbocycles. The summed E-state index contributed by atoms with van der Waals surface area (Å²) in [5.74, 6) is -2.01. The van der Waals surface area contributed by atoms with Crippen molar-refractivity contribution in [1.29, 1.82) is 0 Å². The molecule has 0 saturated heterocycles. The average molecular weight is 197 g/mol. The van der Waals surface area contributed by atoms with Gasteiger partial charge in [-0.25, -0.2) is 4.79 Å². The Hall–Kier alpha value is 0.116. The summed E-state index contributed by atoms with van der Waals surface area (Å²) in [6.07, 6.45) is 0.435. The van der Waals surface area contributed by atoms with Gasteiger partial charge in [-0.3, -0.25) is 0 Å².